The summed E-state index contributed by atoms with van der Waals surface area (Å²) in [5.74, 6) is 0. The fraction of sp³-hybridized carbons (Fsp3) is 0.0645. The Bertz CT molecular complexity index is 3440. The van der Waals surface area contributed by atoms with E-state index in [4.69, 9.17) is 0 Å². The van der Waals surface area contributed by atoms with Crippen LogP contribution in [0.5, 0.6) is 0 Å². The third kappa shape index (κ3) is 5.05. The molecular weight excluding hydrogens is 759 g/mol. The van der Waals surface area contributed by atoms with Crippen molar-refractivity contribution in [3.63, 3.8) is 0 Å². The van der Waals surface area contributed by atoms with Gasteiger partial charge in [0.1, 0.15) is 0 Å². The van der Waals surface area contributed by atoms with Gasteiger partial charge in [-0.15, -0.1) is 0 Å². The first-order valence-electron chi connectivity index (χ1n) is 22.2. The molecule has 1 heteroatoms. The molecule has 3 aliphatic carbocycles. The Morgan fingerprint density at radius 2 is 0.794 bits per heavy atom. The average molecular weight is 802 g/mol. The highest BCUT2D eigenvalue weighted by molar-refractivity contribution is 6.00. The Morgan fingerprint density at radius 1 is 0.286 bits per heavy atom. The van der Waals surface area contributed by atoms with E-state index in [2.05, 4.69) is 243 Å². The molecule has 0 aliphatic heterocycles. The van der Waals surface area contributed by atoms with E-state index >= 15 is 0 Å². The molecule has 0 saturated heterocycles. The van der Waals surface area contributed by atoms with Gasteiger partial charge in [0.05, 0.1) is 11.1 Å². The van der Waals surface area contributed by atoms with Gasteiger partial charge in [-0.3, -0.25) is 0 Å². The second kappa shape index (κ2) is 13.4. The van der Waals surface area contributed by atoms with Gasteiger partial charge < -0.3 is 4.90 Å². The highest BCUT2D eigenvalue weighted by Gasteiger charge is 2.52. The van der Waals surface area contributed by atoms with Gasteiger partial charge in [0.2, 0.25) is 0 Å². The second-order valence-corrected chi connectivity index (χ2v) is 18.0. The van der Waals surface area contributed by atoms with Crippen molar-refractivity contribution in [2.45, 2.75) is 24.7 Å². The van der Waals surface area contributed by atoms with Gasteiger partial charge in [0, 0.05) is 22.4 Å². The summed E-state index contributed by atoms with van der Waals surface area (Å²) < 4.78 is 0. The minimum atomic E-state index is -0.476. The van der Waals surface area contributed by atoms with E-state index in [1.165, 1.54) is 99.8 Å². The molecule has 10 aromatic rings. The van der Waals surface area contributed by atoms with Gasteiger partial charge in [-0.1, -0.05) is 196 Å². The monoisotopic (exact) mass is 801 g/mol. The van der Waals surface area contributed by atoms with E-state index < -0.39 is 5.41 Å². The number of anilines is 3. The van der Waals surface area contributed by atoms with E-state index in [9.17, 15) is 0 Å². The van der Waals surface area contributed by atoms with Crippen molar-refractivity contribution in [3.8, 4) is 55.6 Å². The lowest BCUT2D eigenvalue weighted by atomic mass is 9.70. The molecule has 0 fully saturated rings. The van der Waals surface area contributed by atoms with E-state index in [-0.39, 0.29) is 5.41 Å². The van der Waals surface area contributed by atoms with Crippen LogP contribution < -0.4 is 4.90 Å². The zero-order chi connectivity index (χ0) is 41.9. The molecule has 63 heavy (non-hydrogen) atoms. The third-order valence-electron chi connectivity index (χ3n) is 14.5. The highest BCUT2D eigenvalue weighted by atomic mass is 15.1. The average Bonchev–Trinajstić information content (AvgIpc) is 3.90. The molecule has 0 saturated carbocycles. The Balaban J connectivity index is 1.09. The van der Waals surface area contributed by atoms with Gasteiger partial charge in [-0.05, 0) is 137 Å². The van der Waals surface area contributed by atoms with Crippen LogP contribution in [-0.2, 0) is 10.8 Å². The summed E-state index contributed by atoms with van der Waals surface area (Å²) in [6, 6.07) is 84.2. The molecule has 0 N–H and O–H groups in total. The number of benzene rings is 10. The van der Waals surface area contributed by atoms with Crippen LogP contribution in [0.2, 0.25) is 0 Å². The summed E-state index contributed by atoms with van der Waals surface area (Å²) >= 11 is 0. The zero-order valence-corrected chi connectivity index (χ0v) is 35.3. The van der Waals surface area contributed by atoms with E-state index in [1.807, 2.05) is 0 Å². The second-order valence-electron chi connectivity index (χ2n) is 18.0. The molecule has 0 heterocycles. The largest absolute Gasteiger partial charge is 0.310 e. The standard InChI is InChI=1S/C62H43N/c1-61(2)54-24-12-8-20-47(54)51-35-34-46(37-58(51)61)63(45-32-30-41(31-33-45)44-29-28-40-16-6-7-19-43(40)36-44)60-39-59-53(38-52(60)42-17-4-3-5-18-42)50-23-11-15-27-57(50)62(59)55-25-13-9-21-48(55)49-22-10-14-26-56(49)62/h3-39H,1-2H3. The molecule has 1 nitrogen and oxygen atoms in total. The van der Waals surface area contributed by atoms with E-state index in [0.29, 0.717) is 0 Å². The quantitative estimate of drug-likeness (QED) is 0.168. The molecule has 296 valence electrons. The van der Waals surface area contributed by atoms with Crippen LogP contribution in [-0.4, -0.2) is 0 Å². The lowest BCUT2D eigenvalue weighted by Crippen LogP contribution is -2.26. The van der Waals surface area contributed by atoms with Crippen LogP contribution in [0.25, 0.3) is 66.4 Å². The summed E-state index contributed by atoms with van der Waals surface area (Å²) in [6.45, 7) is 4.76. The Hall–Kier alpha value is -7.74. The van der Waals surface area contributed by atoms with Crippen LogP contribution in [0, 0.1) is 0 Å². The van der Waals surface area contributed by atoms with Crippen molar-refractivity contribution < 1.29 is 0 Å². The van der Waals surface area contributed by atoms with Gasteiger partial charge in [0.25, 0.3) is 0 Å². The topological polar surface area (TPSA) is 3.24 Å². The molecule has 1 spiro atoms. The first-order valence-corrected chi connectivity index (χ1v) is 22.2. The lowest BCUT2D eigenvalue weighted by molar-refractivity contribution is 0.660. The van der Waals surface area contributed by atoms with Crippen molar-refractivity contribution in [3.05, 3.63) is 258 Å². The first-order chi connectivity index (χ1) is 31.0. The number of fused-ring (bicyclic) bond motifs is 14. The molecule has 13 rings (SSSR count). The van der Waals surface area contributed by atoms with Crippen LogP contribution in [0.4, 0.5) is 17.1 Å². The molecular formula is C62H43N. The summed E-state index contributed by atoms with van der Waals surface area (Å²) in [6.07, 6.45) is 0. The minimum Gasteiger partial charge on any atom is -0.310 e. The summed E-state index contributed by atoms with van der Waals surface area (Å²) in [7, 11) is 0. The summed E-state index contributed by atoms with van der Waals surface area (Å²) in [4.78, 5) is 2.54. The normalized spacial score (nSPS) is 14.1. The SMILES string of the molecule is CC1(C)c2ccccc2-c2ccc(N(c3ccc(-c4ccc5ccccc5c4)cc3)c3cc4c(cc3-c3ccccc3)-c3ccccc3C43c4ccccc4-c4ccccc43)cc21. The number of hydrogen-bond acceptors (Lipinski definition) is 1. The maximum atomic E-state index is 2.56. The van der Waals surface area contributed by atoms with Gasteiger partial charge in [0.15, 0.2) is 0 Å². The van der Waals surface area contributed by atoms with Crippen LogP contribution in [0.1, 0.15) is 47.2 Å². The Labute approximate surface area is 369 Å². The molecule has 0 atom stereocenters. The predicted molar refractivity (Wildman–Crippen MR) is 263 cm³/mol. The maximum absolute atomic E-state index is 2.56. The van der Waals surface area contributed by atoms with Crippen molar-refractivity contribution in [1.82, 2.24) is 0 Å². The molecule has 10 aromatic carbocycles. The van der Waals surface area contributed by atoms with Crippen molar-refractivity contribution in [1.29, 1.82) is 0 Å². The number of hydrogen-bond donors (Lipinski definition) is 0. The third-order valence-corrected chi connectivity index (χ3v) is 14.5. The first kappa shape index (κ1) is 36.0. The van der Waals surface area contributed by atoms with Crippen LogP contribution in [0.3, 0.4) is 0 Å². The minimum absolute atomic E-state index is 0.156. The molecule has 0 bridgehead atoms. The lowest BCUT2D eigenvalue weighted by Gasteiger charge is -2.34. The van der Waals surface area contributed by atoms with E-state index in [1.54, 1.807) is 0 Å². The van der Waals surface area contributed by atoms with E-state index in [0.717, 1.165) is 17.1 Å². The van der Waals surface area contributed by atoms with Gasteiger partial charge in [-0.25, -0.2) is 0 Å². The Morgan fingerprint density at radius 3 is 1.46 bits per heavy atom. The molecule has 0 radical (unpaired) electrons. The number of nitrogens with zero attached hydrogens (tertiary/aromatic N) is 1. The summed E-state index contributed by atoms with van der Waals surface area (Å²) in [5, 5.41) is 2.50. The fourth-order valence-corrected chi connectivity index (χ4v) is 11.6. The molecule has 0 amide bonds. The maximum Gasteiger partial charge on any atom is 0.0726 e. The van der Waals surface area contributed by atoms with Crippen molar-refractivity contribution in [2.24, 2.45) is 0 Å². The number of rotatable bonds is 5. The highest BCUT2D eigenvalue weighted by Crippen LogP contribution is 2.64. The molecule has 0 aromatic heterocycles. The summed E-state index contributed by atoms with van der Waals surface area (Å²) in [5.41, 5.74) is 23.5. The van der Waals surface area contributed by atoms with Crippen LogP contribution in [0.15, 0.2) is 224 Å². The molecule has 0 unspecified atom stereocenters. The van der Waals surface area contributed by atoms with Crippen LogP contribution >= 0.6 is 0 Å². The van der Waals surface area contributed by atoms with Crippen molar-refractivity contribution in [2.75, 3.05) is 4.90 Å². The predicted octanol–water partition coefficient (Wildman–Crippen LogP) is 16.3. The zero-order valence-electron chi connectivity index (χ0n) is 35.3. The van der Waals surface area contributed by atoms with Crippen molar-refractivity contribution >= 4 is 27.8 Å². The van der Waals surface area contributed by atoms with Gasteiger partial charge in [-0.2, -0.15) is 0 Å². The molecule has 3 aliphatic rings. The fourth-order valence-electron chi connectivity index (χ4n) is 11.6. The van der Waals surface area contributed by atoms with Gasteiger partial charge >= 0.3 is 0 Å². The smallest absolute Gasteiger partial charge is 0.0726 e. The Kier molecular flexibility index (Phi) is 7.64.